The van der Waals surface area contributed by atoms with Crippen molar-refractivity contribution in [3.8, 4) is 0 Å². The van der Waals surface area contributed by atoms with Gasteiger partial charge in [-0.05, 0) is 51.3 Å². The minimum atomic E-state index is 0.766. The van der Waals surface area contributed by atoms with E-state index in [1.165, 1.54) is 42.6 Å². The van der Waals surface area contributed by atoms with Gasteiger partial charge in [-0.25, -0.2) is 0 Å². The maximum absolute atomic E-state index is 3.40. The van der Waals surface area contributed by atoms with E-state index in [2.05, 4.69) is 49.5 Å². The molecular weight excluding hydrogens is 194 g/mol. The number of nitrogens with one attached hydrogen (secondary N) is 1. The molecule has 1 aromatic rings. The van der Waals surface area contributed by atoms with E-state index in [1.807, 2.05) is 0 Å². The summed E-state index contributed by atoms with van der Waals surface area (Å²) in [6.45, 7) is 6.66. The van der Waals surface area contributed by atoms with E-state index in [4.69, 9.17) is 0 Å². The third-order valence-electron chi connectivity index (χ3n) is 3.19. The van der Waals surface area contributed by atoms with Crippen molar-refractivity contribution in [2.75, 3.05) is 13.1 Å². The molecule has 0 radical (unpaired) electrons. The lowest BCUT2D eigenvalue weighted by molar-refractivity contribution is 0.438. The molecule has 1 saturated heterocycles. The number of hydrogen-bond acceptors (Lipinski definition) is 1. The van der Waals surface area contributed by atoms with E-state index in [9.17, 15) is 0 Å². The second kappa shape index (κ2) is 5.31. The van der Waals surface area contributed by atoms with E-state index in [0.717, 1.165) is 5.92 Å². The monoisotopic (exact) mass is 215 g/mol. The van der Waals surface area contributed by atoms with Crippen molar-refractivity contribution in [1.29, 1.82) is 0 Å². The highest BCUT2D eigenvalue weighted by Crippen LogP contribution is 2.16. The molecule has 0 bridgehead atoms. The Hall–Kier alpha value is -1.08. The van der Waals surface area contributed by atoms with Gasteiger partial charge in [-0.2, -0.15) is 0 Å². The molecule has 1 N–H and O–H groups in total. The highest BCUT2D eigenvalue weighted by molar-refractivity contribution is 5.52. The van der Waals surface area contributed by atoms with Gasteiger partial charge in [-0.15, -0.1) is 0 Å². The van der Waals surface area contributed by atoms with Crippen LogP contribution in [0, 0.1) is 19.8 Å². The molecule has 1 aromatic carbocycles. The first-order valence-corrected chi connectivity index (χ1v) is 6.21. The van der Waals surface area contributed by atoms with Crippen molar-refractivity contribution >= 4 is 6.08 Å². The van der Waals surface area contributed by atoms with Crippen LogP contribution in [0.1, 0.15) is 29.5 Å². The Labute approximate surface area is 98.6 Å². The Balaban J connectivity index is 2.04. The van der Waals surface area contributed by atoms with Gasteiger partial charge in [0.25, 0.3) is 0 Å². The average molecular weight is 215 g/mol. The summed E-state index contributed by atoms with van der Waals surface area (Å²) in [5, 5.41) is 3.40. The zero-order valence-corrected chi connectivity index (χ0v) is 10.3. The molecule has 86 valence electrons. The van der Waals surface area contributed by atoms with Gasteiger partial charge in [0.1, 0.15) is 0 Å². The van der Waals surface area contributed by atoms with Crippen molar-refractivity contribution in [3.63, 3.8) is 0 Å². The van der Waals surface area contributed by atoms with Crippen molar-refractivity contribution in [2.45, 2.75) is 26.7 Å². The largest absolute Gasteiger partial charge is 0.317 e. The minimum absolute atomic E-state index is 0.766. The molecule has 0 spiro atoms. The van der Waals surface area contributed by atoms with Crippen molar-refractivity contribution < 1.29 is 0 Å². The Morgan fingerprint density at radius 1 is 1.06 bits per heavy atom. The first kappa shape index (κ1) is 11.4. The van der Waals surface area contributed by atoms with Crippen LogP contribution in [0.4, 0.5) is 0 Å². The summed E-state index contributed by atoms with van der Waals surface area (Å²) < 4.78 is 0. The number of benzene rings is 1. The lowest BCUT2D eigenvalue weighted by atomic mass is 9.96. The smallest absolute Gasteiger partial charge is 0.00433 e. The van der Waals surface area contributed by atoms with Gasteiger partial charge in [0, 0.05) is 0 Å². The van der Waals surface area contributed by atoms with Gasteiger partial charge in [-0.1, -0.05) is 41.5 Å². The molecule has 16 heavy (non-hydrogen) atoms. The van der Waals surface area contributed by atoms with Crippen molar-refractivity contribution in [2.24, 2.45) is 5.92 Å². The number of piperidine rings is 1. The summed E-state index contributed by atoms with van der Waals surface area (Å²) in [5.74, 6) is 0.766. The molecule has 0 aromatic heterocycles. The van der Waals surface area contributed by atoms with Crippen LogP contribution in [-0.4, -0.2) is 13.1 Å². The maximum Gasteiger partial charge on any atom is -0.00433 e. The summed E-state index contributed by atoms with van der Waals surface area (Å²) in [4.78, 5) is 0. The molecule has 0 atom stereocenters. The molecule has 0 unspecified atom stereocenters. The molecule has 0 amide bonds. The topological polar surface area (TPSA) is 12.0 Å². The molecule has 2 rings (SSSR count). The molecule has 1 aliphatic rings. The molecule has 0 aliphatic carbocycles. The van der Waals surface area contributed by atoms with Crippen molar-refractivity contribution in [3.05, 3.63) is 41.0 Å². The normalized spacial score (nSPS) is 18.1. The van der Waals surface area contributed by atoms with Gasteiger partial charge >= 0.3 is 0 Å². The number of aryl methyl sites for hydroxylation is 2. The van der Waals surface area contributed by atoms with Crippen LogP contribution in [0.5, 0.6) is 0 Å². The predicted octanol–water partition coefficient (Wildman–Crippen LogP) is 3.32. The van der Waals surface area contributed by atoms with Gasteiger partial charge in [-0.3, -0.25) is 0 Å². The number of rotatable bonds is 2. The number of allylic oxidation sites excluding steroid dienone is 1. The predicted molar refractivity (Wildman–Crippen MR) is 70.5 cm³/mol. The fourth-order valence-electron chi connectivity index (χ4n) is 2.39. The van der Waals surface area contributed by atoms with Crippen LogP contribution < -0.4 is 5.32 Å². The second-order valence-electron chi connectivity index (χ2n) is 4.87. The minimum Gasteiger partial charge on any atom is -0.317 e. The molecular formula is C15H21N. The molecule has 1 fully saturated rings. The van der Waals surface area contributed by atoms with Crippen LogP contribution in [0.3, 0.4) is 0 Å². The lowest BCUT2D eigenvalue weighted by Gasteiger charge is -2.19. The lowest BCUT2D eigenvalue weighted by Crippen LogP contribution is -2.26. The molecule has 1 heteroatoms. The third-order valence-corrected chi connectivity index (χ3v) is 3.19. The van der Waals surface area contributed by atoms with E-state index < -0.39 is 0 Å². The summed E-state index contributed by atoms with van der Waals surface area (Å²) in [6, 6.07) is 6.73. The Kier molecular flexibility index (Phi) is 3.79. The summed E-state index contributed by atoms with van der Waals surface area (Å²) in [6.07, 6.45) is 7.23. The maximum atomic E-state index is 3.40. The van der Waals surface area contributed by atoms with Crippen LogP contribution >= 0.6 is 0 Å². The fraction of sp³-hybridized carbons (Fsp3) is 0.467. The van der Waals surface area contributed by atoms with Gasteiger partial charge < -0.3 is 5.32 Å². The van der Waals surface area contributed by atoms with Gasteiger partial charge in [0.05, 0.1) is 0 Å². The van der Waals surface area contributed by atoms with E-state index >= 15 is 0 Å². The highest BCUT2D eigenvalue weighted by Gasteiger charge is 2.08. The quantitative estimate of drug-likeness (QED) is 0.798. The molecule has 0 saturated carbocycles. The van der Waals surface area contributed by atoms with E-state index in [1.54, 1.807) is 0 Å². The van der Waals surface area contributed by atoms with Crippen LogP contribution in [0.2, 0.25) is 0 Å². The zero-order valence-electron chi connectivity index (χ0n) is 10.3. The van der Waals surface area contributed by atoms with Crippen molar-refractivity contribution in [1.82, 2.24) is 5.32 Å². The molecule has 1 aliphatic heterocycles. The third kappa shape index (κ3) is 3.21. The Bertz CT molecular complexity index is 353. The van der Waals surface area contributed by atoms with Crippen LogP contribution in [0.25, 0.3) is 6.08 Å². The van der Waals surface area contributed by atoms with Gasteiger partial charge in [0.15, 0.2) is 0 Å². The zero-order chi connectivity index (χ0) is 11.4. The van der Waals surface area contributed by atoms with Crippen LogP contribution in [-0.2, 0) is 0 Å². The van der Waals surface area contributed by atoms with E-state index in [-0.39, 0.29) is 0 Å². The first-order valence-electron chi connectivity index (χ1n) is 6.21. The Morgan fingerprint density at radius 3 is 2.31 bits per heavy atom. The standard InChI is InChI=1S/C15H21N/c1-12-9-13(2)11-15(10-12)4-3-14-5-7-16-8-6-14/h3-4,9-11,14,16H,5-8H2,1-2H3/b4-3-. The Morgan fingerprint density at radius 2 is 1.69 bits per heavy atom. The second-order valence-corrected chi connectivity index (χ2v) is 4.87. The first-order chi connectivity index (χ1) is 7.74. The summed E-state index contributed by atoms with van der Waals surface area (Å²) >= 11 is 0. The molecule has 1 nitrogen and oxygen atoms in total. The molecule has 1 heterocycles. The number of hydrogen-bond donors (Lipinski definition) is 1. The van der Waals surface area contributed by atoms with Gasteiger partial charge in [0.2, 0.25) is 0 Å². The highest BCUT2D eigenvalue weighted by atomic mass is 14.9. The average Bonchev–Trinajstić information content (AvgIpc) is 2.27. The van der Waals surface area contributed by atoms with Crippen LogP contribution in [0.15, 0.2) is 24.3 Å². The SMILES string of the molecule is Cc1cc(C)cc(/C=C\C2CCNCC2)c1. The summed E-state index contributed by atoms with van der Waals surface area (Å²) in [5.41, 5.74) is 4.05. The van der Waals surface area contributed by atoms with E-state index in [0.29, 0.717) is 0 Å². The fourth-order valence-corrected chi connectivity index (χ4v) is 2.39. The summed E-state index contributed by atoms with van der Waals surface area (Å²) in [7, 11) is 0.